The summed E-state index contributed by atoms with van der Waals surface area (Å²) in [6.45, 7) is -0.0448. The Balaban J connectivity index is 1.97. The van der Waals surface area contributed by atoms with Gasteiger partial charge in [0.05, 0.1) is 7.11 Å². The van der Waals surface area contributed by atoms with E-state index in [1.165, 1.54) is 19.2 Å². The fourth-order valence-electron chi connectivity index (χ4n) is 1.62. The number of benzene rings is 2. The molecule has 0 aliphatic rings. The SMILES string of the molecule is COc1ccccc1/[C]=N\OCc1cc(F)cc(F)c1. The van der Waals surface area contributed by atoms with E-state index in [1.807, 2.05) is 12.1 Å². The third kappa shape index (κ3) is 3.78. The van der Waals surface area contributed by atoms with E-state index in [4.69, 9.17) is 9.57 Å². The van der Waals surface area contributed by atoms with Crippen LogP contribution < -0.4 is 4.74 Å². The minimum absolute atomic E-state index is 0.0448. The number of ether oxygens (including phenoxy) is 1. The number of nitrogens with zero attached hydrogens (tertiary/aromatic N) is 1. The summed E-state index contributed by atoms with van der Waals surface area (Å²) in [5, 5.41) is 3.63. The molecule has 20 heavy (non-hydrogen) atoms. The topological polar surface area (TPSA) is 30.8 Å². The number of hydrogen-bond acceptors (Lipinski definition) is 3. The quantitative estimate of drug-likeness (QED) is 0.619. The summed E-state index contributed by atoms with van der Waals surface area (Å²) in [4.78, 5) is 4.96. The van der Waals surface area contributed by atoms with Gasteiger partial charge in [0.15, 0.2) is 0 Å². The lowest BCUT2D eigenvalue weighted by molar-refractivity contribution is 0.131. The Morgan fingerprint density at radius 3 is 2.50 bits per heavy atom. The van der Waals surface area contributed by atoms with Crippen molar-refractivity contribution in [1.82, 2.24) is 0 Å². The molecule has 0 aliphatic carbocycles. The molecule has 0 bridgehead atoms. The zero-order valence-corrected chi connectivity index (χ0v) is 10.8. The van der Waals surface area contributed by atoms with Crippen molar-refractivity contribution in [1.29, 1.82) is 0 Å². The predicted octanol–water partition coefficient (Wildman–Crippen LogP) is 3.40. The first-order valence-electron chi connectivity index (χ1n) is 5.85. The highest BCUT2D eigenvalue weighted by atomic mass is 19.1. The van der Waals surface area contributed by atoms with Crippen molar-refractivity contribution in [3.63, 3.8) is 0 Å². The lowest BCUT2D eigenvalue weighted by Crippen LogP contribution is -1.93. The molecule has 0 spiro atoms. The Morgan fingerprint density at radius 2 is 1.80 bits per heavy atom. The second-order valence-electron chi connectivity index (χ2n) is 3.95. The molecule has 2 rings (SSSR count). The lowest BCUT2D eigenvalue weighted by atomic mass is 10.2. The minimum Gasteiger partial charge on any atom is -0.496 e. The van der Waals surface area contributed by atoms with E-state index >= 15 is 0 Å². The van der Waals surface area contributed by atoms with Crippen molar-refractivity contribution >= 4 is 6.21 Å². The standard InChI is InChI=1S/C15H12F2NO2/c1-19-15-5-3-2-4-12(15)9-18-20-10-11-6-13(16)8-14(17)7-11/h2-8H,10H2,1H3. The molecule has 2 aromatic rings. The summed E-state index contributed by atoms with van der Waals surface area (Å²) in [6.07, 6.45) is 2.65. The molecule has 1 radical (unpaired) electrons. The van der Waals surface area contributed by atoms with Crippen molar-refractivity contribution in [2.75, 3.05) is 7.11 Å². The van der Waals surface area contributed by atoms with Gasteiger partial charge in [0.2, 0.25) is 0 Å². The van der Waals surface area contributed by atoms with E-state index < -0.39 is 11.6 Å². The van der Waals surface area contributed by atoms with Crippen LogP contribution in [-0.4, -0.2) is 13.3 Å². The van der Waals surface area contributed by atoms with Crippen LogP contribution in [0.5, 0.6) is 5.75 Å². The van der Waals surface area contributed by atoms with Gasteiger partial charge >= 0.3 is 0 Å². The molecule has 3 nitrogen and oxygen atoms in total. The molecule has 0 heterocycles. The zero-order chi connectivity index (χ0) is 14.4. The van der Waals surface area contributed by atoms with Gasteiger partial charge in [-0.15, -0.1) is 0 Å². The van der Waals surface area contributed by atoms with Crippen LogP contribution in [-0.2, 0) is 11.4 Å². The van der Waals surface area contributed by atoms with Gasteiger partial charge in [0, 0.05) is 11.6 Å². The Labute approximate surface area is 115 Å². The maximum atomic E-state index is 12.9. The van der Waals surface area contributed by atoms with Gasteiger partial charge in [-0.2, -0.15) is 0 Å². The summed E-state index contributed by atoms with van der Waals surface area (Å²) in [7, 11) is 1.54. The Hall–Kier alpha value is -2.43. The molecule has 0 unspecified atom stereocenters. The van der Waals surface area contributed by atoms with Crippen LogP contribution in [0.4, 0.5) is 8.78 Å². The fourth-order valence-corrected chi connectivity index (χ4v) is 1.62. The third-order valence-electron chi connectivity index (χ3n) is 2.49. The van der Waals surface area contributed by atoms with Crippen LogP contribution in [0.2, 0.25) is 0 Å². The highest BCUT2D eigenvalue weighted by molar-refractivity contribution is 5.82. The van der Waals surface area contributed by atoms with Crippen LogP contribution in [0.25, 0.3) is 0 Å². The molecule has 0 fully saturated rings. The first kappa shape index (κ1) is 14.0. The van der Waals surface area contributed by atoms with E-state index in [9.17, 15) is 8.78 Å². The summed E-state index contributed by atoms with van der Waals surface area (Å²) in [5.74, 6) is -0.695. The fraction of sp³-hybridized carbons (Fsp3) is 0.133. The summed E-state index contributed by atoms with van der Waals surface area (Å²) in [6, 6.07) is 10.3. The molecule has 0 amide bonds. The second-order valence-corrected chi connectivity index (χ2v) is 3.95. The maximum absolute atomic E-state index is 12.9. The molecule has 103 valence electrons. The number of rotatable bonds is 5. The Bertz CT molecular complexity index is 594. The van der Waals surface area contributed by atoms with Crippen LogP contribution in [0.3, 0.4) is 0 Å². The number of methoxy groups -OCH3 is 1. The first-order chi connectivity index (χ1) is 9.69. The highest BCUT2D eigenvalue weighted by Crippen LogP contribution is 2.15. The molecule has 2 aromatic carbocycles. The number of halogens is 2. The molecule has 0 saturated heterocycles. The average molecular weight is 276 g/mol. The molecule has 0 aliphatic heterocycles. The largest absolute Gasteiger partial charge is 0.496 e. The number of para-hydroxylation sites is 1. The molecule has 0 atom stereocenters. The van der Waals surface area contributed by atoms with Crippen molar-refractivity contribution in [3.05, 3.63) is 65.2 Å². The molecule has 0 N–H and O–H groups in total. The van der Waals surface area contributed by atoms with Crippen LogP contribution >= 0.6 is 0 Å². The molecule has 5 heteroatoms. The number of hydrogen-bond donors (Lipinski definition) is 0. The van der Waals surface area contributed by atoms with Gasteiger partial charge in [0.1, 0.15) is 30.2 Å². The van der Waals surface area contributed by atoms with E-state index in [0.717, 1.165) is 6.07 Å². The monoisotopic (exact) mass is 276 g/mol. The summed E-state index contributed by atoms with van der Waals surface area (Å²) in [5.41, 5.74) is 0.980. The third-order valence-corrected chi connectivity index (χ3v) is 2.49. The van der Waals surface area contributed by atoms with Gasteiger partial charge in [0.25, 0.3) is 0 Å². The highest BCUT2D eigenvalue weighted by Gasteiger charge is 2.01. The lowest BCUT2D eigenvalue weighted by Gasteiger charge is -2.03. The van der Waals surface area contributed by atoms with E-state index in [0.29, 0.717) is 16.9 Å². The van der Waals surface area contributed by atoms with Gasteiger partial charge in [-0.25, -0.2) is 8.78 Å². The van der Waals surface area contributed by atoms with E-state index in [2.05, 4.69) is 11.4 Å². The summed E-state index contributed by atoms with van der Waals surface area (Å²) >= 11 is 0. The maximum Gasteiger partial charge on any atom is 0.143 e. The smallest absolute Gasteiger partial charge is 0.143 e. The van der Waals surface area contributed by atoms with Gasteiger partial charge < -0.3 is 9.57 Å². The van der Waals surface area contributed by atoms with E-state index in [-0.39, 0.29) is 6.61 Å². The Morgan fingerprint density at radius 1 is 1.10 bits per heavy atom. The average Bonchev–Trinajstić information content (AvgIpc) is 2.43. The van der Waals surface area contributed by atoms with Crippen molar-refractivity contribution in [3.8, 4) is 5.75 Å². The molecule has 0 aromatic heterocycles. The summed E-state index contributed by atoms with van der Waals surface area (Å²) < 4.78 is 31.0. The predicted molar refractivity (Wildman–Crippen MR) is 70.7 cm³/mol. The van der Waals surface area contributed by atoms with Crippen LogP contribution in [0, 0.1) is 11.6 Å². The molecular formula is C15H12F2NO2. The minimum atomic E-state index is -0.652. The van der Waals surface area contributed by atoms with Crippen LogP contribution in [0.1, 0.15) is 11.1 Å². The van der Waals surface area contributed by atoms with Crippen LogP contribution in [0.15, 0.2) is 47.6 Å². The molecule has 0 saturated carbocycles. The first-order valence-corrected chi connectivity index (χ1v) is 5.85. The van der Waals surface area contributed by atoms with Crippen molar-refractivity contribution < 1.29 is 18.4 Å². The molecular weight excluding hydrogens is 264 g/mol. The van der Waals surface area contributed by atoms with Gasteiger partial charge in [-0.05, 0) is 29.8 Å². The van der Waals surface area contributed by atoms with E-state index in [1.54, 1.807) is 12.1 Å². The van der Waals surface area contributed by atoms with Crippen molar-refractivity contribution in [2.45, 2.75) is 6.61 Å². The van der Waals surface area contributed by atoms with Crippen molar-refractivity contribution in [2.24, 2.45) is 5.16 Å². The van der Waals surface area contributed by atoms with Gasteiger partial charge in [-0.3, -0.25) is 0 Å². The zero-order valence-electron chi connectivity index (χ0n) is 10.8. The second kappa shape index (κ2) is 6.65. The normalized spacial score (nSPS) is 10.8. The van der Waals surface area contributed by atoms with Gasteiger partial charge in [-0.1, -0.05) is 17.3 Å². The Kier molecular flexibility index (Phi) is 4.65.